The third kappa shape index (κ3) is 3.92. The highest BCUT2D eigenvalue weighted by Crippen LogP contribution is 2.32. The molecule has 0 spiro atoms. The predicted octanol–water partition coefficient (Wildman–Crippen LogP) is 1.81. The van der Waals surface area contributed by atoms with E-state index in [0.717, 1.165) is 25.7 Å². The molecule has 0 atom stereocenters. The lowest BCUT2D eigenvalue weighted by Gasteiger charge is -2.23. The maximum Gasteiger partial charge on any atom is 0.244 e. The largest absolute Gasteiger partial charge is 0.506 e. The molecule has 0 aromatic heterocycles. The molecule has 9 heteroatoms. The fraction of sp³-hybridized carbons (Fsp3) is 0.562. The summed E-state index contributed by atoms with van der Waals surface area (Å²) in [5, 5.41) is 12.6. The minimum atomic E-state index is -3.61. The van der Waals surface area contributed by atoms with Crippen LogP contribution < -0.4 is 11.1 Å². The maximum absolute atomic E-state index is 12.6. The summed E-state index contributed by atoms with van der Waals surface area (Å²) in [5.41, 5.74) is 5.24. The zero-order valence-electron chi connectivity index (χ0n) is 13.9. The van der Waals surface area contributed by atoms with Gasteiger partial charge in [0.25, 0.3) is 0 Å². The topological polar surface area (TPSA) is 113 Å². The van der Waals surface area contributed by atoms with Crippen molar-refractivity contribution < 1.29 is 18.3 Å². The monoisotopic (exact) mass is 389 g/mol. The van der Waals surface area contributed by atoms with Gasteiger partial charge in [0.05, 0.1) is 16.1 Å². The minimum Gasteiger partial charge on any atom is -0.506 e. The first-order valence-electron chi connectivity index (χ1n) is 8.26. The summed E-state index contributed by atoms with van der Waals surface area (Å²) in [6, 6.07) is 3.95. The molecule has 0 bridgehead atoms. The van der Waals surface area contributed by atoms with Crippen molar-refractivity contribution in [3.63, 3.8) is 0 Å². The SMILES string of the molecule is Cl.NC1(C(=O)Nc2cc(S(=O)(=O)N3CCCC3)ccc2O)CCCC1. The molecule has 1 aromatic carbocycles. The molecule has 7 nitrogen and oxygen atoms in total. The van der Waals surface area contributed by atoms with E-state index >= 15 is 0 Å². The number of nitrogens with one attached hydrogen (secondary N) is 1. The summed E-state index contributed by atoms with van der Waals surface area (Å²) < 4.78 is 26.6. The number of carbonyl (C=O) groups excluding carboxylic acids is 1. The van der Waals surface area contributed by atoms with Crippen LogP contribution in [0.3, 0.4) is 0 Å². The molecule has 2 aliphatic rings. The van der Waals surface area contributed by atoms with E-state index in [1.54, 1.807) is 0 Å². The molecular weight excluding hydrogens is 366 g/mol. The molecule has 1 heterocycles. The number of rotatable bonds is 4. The maximum atomic E-state index is 12.6. The number of aromatic hydroxyl groups is 1. The van der Waals surface area contributed by atoms with E-state index in [1.807, 2.05) is 0 Å². The molecule has 0 radical (unpaired) electrons. The van der Waals surface area contributed by atoms with Crippen LogP contribution in [0.2, 0.25) is 0 Å². The van der Waals surface area contributed by atoms with E-state index in [0.29, 0.717) is 25.9 Å². The lowest BCUT2D eigenvalue weighted by Crippen LogP contribution is -2.48. The number of hydrogen-bond acceptors (Lipinski definition) is 5. The Hall–Kier alpha value is -1.35. The van der Waals surface area contributed by atoms with Crippen molar-refractivity contribution in [2.24, 2.45) is 5.73 Å². The fourth-order valence-corrected chi connectivity index (χ4v) is 4.88. The Kier molecular flexibility index (Phi) is 5.98. The number of sulfonamides is 1. The van der Waals surface area contributed by atoms with E-state index in [1.165, 1.54) is 22.5 Å². The van der Waals surface area contributed by atoms with Crippen molar-refractivity contribution in [3.8, 4) is 5.75 Å². The quantitative estimate of drug-likeness (QED) is 0.679. The number of phenols is 1. The van der Waals surface area contributed by atoms with Crippen LogP contribution in [0.1, 0.15) is 38.5 Å². The van der Waals surface area contributed by atoms with Gasteiger partial charge in [0, 0.05) is 13.1 Å². The average molecular weight is 390 g/mol. The van der Waals surface area contributed by atoms with Crippen molar-refractivity contribution >= 4 is 34.0 Å². The Morgan fingerprint density at radius 2 is 1.76 bits per heavy atom. The predicted molar refractivity (Wildman–Crippen MR) is 97.4 cm³/mol. The van der Waals surface area contributed by atoms with E-state index in [4.69, 9.17) is 5.73 Å². The first-order chi connectivity index (χ1) is 11.3. The first kappa shape index (κ1) is 20.0. The smallest absolute Gasteiger partial charge is 0.244 e. The number of hydrogen-bond donors (Lipinski definition) is 3. The molecule has 1 saturated carbocycles. The lowest BCUT2D eigenvalue weighted by molar-refractivity contribution is -0.121. The van der Waals surface area contributed by atoms with Gasteiger partial charge in [0.15, 0.2) is 0 Å². The van der Waals surface area contributed by atoms with Gasteiger partial charge in [-0.2, -0.15) is 4.31 Å². The molecule has 1 aliphatic carbocycles. The molecule has 1 amide bonds. The number of carbonyl (C=O) groups is 1. The lowest BCUT2D eigenvalue weighted by atomic mass is 9.98. The Morgan fingerprint density at radius 3 is 2.36 bits per heavy atom. The highest BCUT2D eigenvalue weighted by molar-refractivity contribution is 7.89. The fourth-order valence-electron chi connectivity index (χ4n) is 3.33. The number of phenolic OH excluding ortho intramolecular Hbond substituents is 1. The number of nitrogens with two attached hydrogens (primary N) is 1. The Morgan fingerprint density at radius 1 is 1.16 bits per heavy atom. The first-order valence-corrected chi connectivity index (χ1v) is 9.70. The van der Waals surface area contributed by atoms with Crippen molar-refractivity contribution in [1.82, 2.24) is 4.31 Å². The van der Waals surface area contributed by atoms with Crippen LogP contribution in [0.5, 0.6) is 5.75 Å². The molecular formula is C16H24ClN3O4S. The van der Waals surface area contributed by atoms with Gasteiger partial charge in [-0.1, -0.05) is 12.8 Å². The van der Waals surface area contributed by atoms with Gasteiger partial charge in [-0.25, -0.2) is 8.42 Å². The molecule has 1 saturated heterocycles. The van der Waals surface area contributed by atoms with Gasteiger partial charge in [0.1, 0.15) is 5.75 Å². The second kappa shape index (κ2) is 7.49. The summed E-state index contributed by atoms with van der Waals surface area (Å²) in [4.78, 5) is 12.5. The second-order valence-electron chi connectivity index (χ2n) is 6.61. The standard InChI is InChI=1S/C16H23N3O4S.ClH/c17-16(7-1-2-8-16)15(21)18-13-11-12(5-6-14(13)20)24(22,23)19-9-3-4-10-19;/h5-6,11,20H,1-4,7-10,17H2,(H,18,21);1H. The van der Waals surface area contributed by atoms with Crippen LogP contribution >= 0.6 is 12.4 Å². The van der Waals surface area contributed by atoms with Crippen LogP contribution in [0, 0.1) is 0 Å². The Labute approximate surface area is 154 Å². The van der Waals surface area contributed by atoms with Crippen LogP contribution in [-0.2, 0) is 14.8 Å². The average Bonchev–Trinajstić information content (AvgIpc) is 3.21. The van der Waals surface area contributed by atoms with Gasteiger partial charge in [-0.05, 0) is 43.9 Å². The highest BCUT2D eigenvalue weighted by atomic mass is 35.5. The number of anilines is 1. The summed E-state index contributed by atoms with van der Waals surface area (Å²) >= 11 is 0. The zero-order valence-corrected chi connectivity index (χ0v) is 15.5. The summed E-state index contributed by atoms with van der Waals surface area (Å²) in [7, 11) is -3.61. The van der Waals surface area contributed by atoms with Gasteiger partial charge in [0.2, 0.25) is 15.9 Å². The molecule has 2 fully saturated rings. The molecule has 1 aliphatic heterocycles. The summed E-state index contributed by atoms with van der Waals surface area (Å²) in [6.07, 6.45) is 4.64. The Balaban J connectivity index is 0.00000225. The zero-order chi connectivity index (χ0) is 17.4. The normalized spacial score (nSPS) is 20.2. The summed E-state index contributed by atoms with van der Waals surface area (Å²) in [5.74, 6) is -0.559. The number of nitrogens with zero attached hydrogens (tertiary/aromatic N) is 1. The third-order valence-corrected chi connectivity index (χ3v) is 6.76. The number of halogens is 1. The van der Waals surface area contributed by atoms with Crippen LogP contribution in [0.25, 0.3) is 0 Å². The van der Waals surface area contributed by atoms with Gasteiger partial charge in [-0.15, -0.1) is 12.4 Å². The van der Waals surface area contributed by atoms with Crippen molar-refractivity contribution in [2.45, 2.75) is 49.0 Å². The Bertz CT molecular complexity index is 742. The van der Waals surface area contributed by atoms with Crippen LogP contribution in [0.4, 0.5) is 5.69 Å². The summed E-state index contributed by atoms with van der Waals surface area (Å²) in [6.45, 7) is 0.994. The highest BCUT2D eigenvalue weighted by Gasteiger charge is 2.37. The van der Waals surface area contributed by atoms with Crippen LogP contribution in [0.15, 0.2) is 23.1 Å². The van der Waals surface area contributed by atoms with Gasteiger partial charge < -0.3 is 16.2 Å². The minimum absolute atomic E-state index is 0. The van der Waals surface area contributed by atoms with E-state index in [-0.39, 0.29) is 34.6 Å². The molecule has 3 rings (SSSR count). The molecule has 25 heavy (non-hydrogen) atoms. The number of benzene rings is 1. The van der Waals surface area contributed by atoms with Crippen molar-refractivity contribution in [1.29, 1.82) is 0 Å². The van der Waals surface area contributed by atoms with E-state index in [9.17, 15) is 18.3 Å². The van der Waals surface area contributed by atoms with E-state index < -0.39 is 15.6 Å². The third-order valence-electron chi connectivity index (χ3n) is 4.87. The number of amides is 1. The molecule has 1 aromatic rings. The van der Waals surface area contributed by atoms with Crippen LogP contribution in [-0.4, -0.2) is 42.4 Å². The molecule has 140 valence electrons. The van der Waals surface area contributed by atoms with Gasteiger partial charge in [-0.3, -0.25) is 4.79 Å². The molecule has 4 N–H and O–H groups in total. The second-order valence-corrected chi connectivity index (χ2v) is 8.55. The van der Waals surface area contributed by atoms with Crippen molar-refractivity contribution in [3.05, 3.63) is 18.2 Å². The van der Waals surface area contributed by atoms with E-state index in [2.05, 4.69) is 5.32 Å². The molecule has 0 unspecified atom stereocenters. The van der Waals surface area contributed by atoms with Gasteiger partial charge >= 0.3 is 0 Å². The van der Waals surface area contributed by atoms with Crippen molar-refractivity contribution in [2.75, 3.05) is 18.4 Å².